The largest absolute Gasteiger partial charge is 0.416 e. The molecule has 35 heavy (non-hydrogen) atoms. The highest BCUT2D eigenvalue weighted by Gasteiger charge is 2.32. The van der Waals surface area contributed by atoms with Gasteiger partial charge in [-0.05, 0) is 42.5 Å². The van der Waals surface area contributed by atoms with Gasteiger partial charge < -0.3 is 16.1 Å². The number of amides is 3. The molecule has 0 aliphatic carbocycles. The number of halogens is 5. The number of aromatic nitrogens is 2. The number of carbonyl (C=O) groups is 2. The fraction of sp³-hybridized carbons (Fsp3) is 0.190. The lowest BCUT2D eigenvalue weighted by Gasteiger charge is -2.28. The first-order chi connectivity index (χ1) is 16.6. The van der Waals surface area contributed by atoms with Crippen LogP contribution < -0.4 is 11.2 Å². The van der Waals surface area contributed by atoms with Gasteiger partial charge in [-0.15, -0.1) is 0 Å². The molecule has 1 aromatic heterocycles. The lowest BCUT2D eigenvalue weighted by molar-refractivity contribution is -0.137. The summed E-state index contributed by atoms with van der Waals surface area (Å²) in [4.78, 5) is 26.7. The number of nitrogens with one attached hydrogen (secondary N) is 1. The first-order valence-electron chi connectivity index (χ1n) is 10.0. The summed E-state index contributed by atoms with van der Waals surface area (Å²) < 4.78 is 66.9. The molecular formula is C21H16F5N7O2. The summed E-state index contributed by atoms with van der Waals surface area (Å²) in [7, 11) is 0. The molecule has 2 heterocycles. The van der Waals surface area contributed by atoms with Crippen LogP contribution in [0.2, 0.25) is 0 Å². The van der Waals surface area contributed by atoms with E-state index in [-0.39, 0.29) is 47.8 Å². The van der Waals surface area contributed by atoms with Gasteiger partial charge in [0.15, 0.2) is 11.6 Å². The molecule has 182 valence electrons. The van der Waals surface area contributed by atoms with Crippen molar-refractivity contribution >= 4 is 17.6 Å². The molecule has 3 aromatic rings. The number of rotatable bonds is 3. The number of hydrogen-bond donors (Lipinski definition) is 2. The second kappa shape index (κ2) is 9.12. The molecule has 0 saturated heterocycles. The molecule has 2 aromatic carbocycles. The standard InChI is InChI=1S/C21H16F5N7O2/c22-14-6-1-11(9-15(14)23)18-17(19(34)29-31-27)16-10-32(7-8-33(16)30-18)20(35)28-13-4-2-12(3-5-13)21(24,25)26/h1-6,9H,7-8,10H2,(H,28,35)(H2,27,29,34). The number of nitrogens with zero attached hydrogens (tertiary/aromatic N) is 5. The Morgan fingerprint density at radius 3 is 2.37 bits per heavy atom. The van der Waals surface area contributed by atoms with Gasteiger partial charge in [0.2, 0.25) is 0 Å². The van der Waals surface area contributed by atoms with Crippen LogP contribution in [-0.4, -0.2) is 33.2 Å². The van der Waals surface area contributed by atoms with Crippen molar-refractivity contribution in [2.75, 3.05) is 11.9 Å². The van der Waals surface area contributed by atoms with Crippen LogP contribution in [0.5, 0.6) is 0 Å². The van der Waals surface area contributed by atoms with E-state index in [0.717, 1.165) is 36.4 Å². The van der Waals surface area contributed by atoms with Gasteiger partial charge in [-0.1, -0.05) is 10.3 Å². The SMILES string of the molecule is NN=NC(=O)c1c(-c2ccc(F)c(F)c2)nn2c1CN(C(=O)Nc1ccc(C(F)(F)F)cc1)CC2. The van der Waals surface area contributed by atoms with Crippen LogP contribution in [0.4, 0.5) is 32.4 Å². The number of carbonyl (C=O) groups excluding carboxylic acids is 2. The summed E-state index contributed by atoms with van der Waals surface area (Å²) in [5, 5.41) is 13.1. The number of benzene rings is 2. The summed E-state index contributed by atoms with van der Waals surface area (Å²) in [6.45, 7) is 0.147. The molecule has 1 aliphatic heterocycles. The van der Waals surface area contributed by atoms with Gasteiger partial charge in [0.25, 0.3) is 0 Å². The quantitative estimate of drug-likeness (QED) is 0.244. The number of anilines is 1. The number of hydrogen-bond acceptors (Lipinski definition) is 4. The minimum Gasteiger partial charge on any atom is -0.317 e. The van der Waals surface area contributed by atoms with Crippen molar-refractivity contribution in [1.29, 1.82) is 0 Å². The average Bonchev–Trinajstić information content (AvgIpc) is 3.19. The van der Waals surface area contributed by atoms with E-state index in [1.165, 1.54) is 15.6 Å². The van der Waals surface area contributed by atoms with Crippen molar-refractivity contribution in [3.8, 4) is 11.3 Å². The molecule has 3 amide bonds. The normalized spacial score (nSPS) is 13.7. The van der Waals surface area contributed by atoms with E-state index in [0.29, 0.717) is 0 Å². The molecule has 4 rings (SSSR count). The molecule has 0 radical (unpaired) electrons. The van der Waals surface area contributed by atoms with E-state index in [2.05, 4.69) is 20.8 Å². The van der Waals surface area contributed by atoms with E-state index in [9.17, 15) is 31.5 Å². The molecular weight excluding hydrogens is 477 g/mol. The third kappa shape index (κ3) is 4.81. The zero-order valence-electron chi connectivity index (χ0n) is 17.7. The Hall–Kier alpha value is -4.36. The first-order valence-corrected chi connectivity index (χ1v) is 10.0. The molecule has 0 bridgehead atoms. The van der Waals surface area contributed by atoms with Gasteiger partial charge in [-0.25, -0.2) is 13.6 Å². The highest BCUT2D eigenvalue weighted by molar-refractivity contribution is 6.01. The minimum atomic E-state index is -4.51. The van der Waals surface area contributed by atoms with Crippen LogP contribution >= 0.6 is 0 Å². The zero-order valence-corrected chi connectivity index (χ0v) is 17.7. The Kier molecular flexibility index (Phi) is 6.20. The summed E-state index contributed by atoms with van der Waals surface area (Å²) in [6, 6.07) is 6.26. The molecule has 1 aliphatic rings. The molecule has 3 N–H and O–H groups in total. The molecule has 0 fully saturated rings. The van der Waals surface area contributed by atoms with E-state index in [1.54, 1.807) is 0 Å². The van der Waals surface area contributed by atoms with E-state index in [4.69, 9.17) is 5.84 Å². The predicted molar refractivity (Wildman–Crippen MR) is 112 cm³/mol. The maximum absolute atomic E-state index is 13.8. The van der Waals surface area contributed by atoms with Crippen LogP contribution in [0.15, 0.2) is 52.8 Å². The van der Waals surface area contributed by atoms with Crippen LogP contribution in [0, 0.1) is 11.6 Å². The molecule has 14 heteroatoms. The topological polar surface area (TPSA) is 118 Å². The van der Waals surface area contributed by atoms with Gasteiger partial charge in [0.1, 0.15) is 5.69 Å². The van der Waals surface area contributed by atoms with E-state index in [1.807, 2.05) is 0 Å². The zero-order chi connectivity index (χ0) is 25.3. The van der Waals surface area contributed by atoms with Crippen LogP contribution in [0.1, 0.15) is 21.6 Å². The molecule has 0 unspecified atom stereocenters. The second-order valence-electron chi connectivity index (χ2n) is 7.47. The number of alkyl halides is 3. The maximum Gasteiger partial charge on any atom is 0.416 e. The number of nitrogens with two attached hydrogens (primary N) is 1. The Morgan fingerprint density at radius 2 is 1.74 bits per heavy atom. The van der Waals surface area contributed by atoms with Crippen LogP contribution in [0.25, 0.3) is 11.3 Å². The third-order valence-electron chi connectivity index (χ3n) is 5.29. The van der Waals surface area contributed by atoms with Crippen molar-refractivity contribution in [2.45, 2.75) is 19.3 Å². The highest BCUT2D eigenvalue weighted by atomic mass is 19.4. The van der Waals surface area contributed by atoms with Gasteiger partial charge in [-0.3, -0.25) is 9.48 Å². The Bertz CT molecular complexity index is 1320. The fourth-order valence-corrected chi connectivity index (χ4v) is 3.61. The lowest BCUT2D eigenvalue weighted by Crippen LogP contribution is -2.41. The monoisotopic (exact) mass is 493 g/mol. The first kappa shape index (κ1) is 23.8. The molecule has 0 spiro atoms. The molecule has 0 atom stereocenters. The fourth-order valence-electron chi connectivity index (χ4n) is 3.61. The summed E-state index contributed by atoms with van der Waals surface area (Å²) in [5.74, 6) is 1.86. The Balaban J connectivity index is 1.62. The van der Waals surface area contributed by atoms with Gasteiger partial charge >= 0.3 is 18.1 Å². The molecule has 9 nitrogen and oxygen atoms in total. The number of urea groups is 1. The summed E-state index contributed by atoms with van der Waals surface area (Å²) in [6.07, 6.45) is -4.51. The van der Waals surface area contributed by atoms with Crippen molar-refractivity contribution in [3.05, 3.63) is 70.9 Å². The van der Waals surface area contributed by atoms with E-state index >= 15 is 0 Å². The van der Waals surface area contributed by atoms with E-state index < -0.39 is 35.3 Å². The summed E-state index contributed by atoms with van der Waals surface area (Å²) in [5.41, 5.74) is -0.478. The summed E-state index contributed by atoms with van der Waals surface area (Å²) >= 11 is 0. The van der Waals surface area contributed by atoms with Gasteiger partial charge in [0.05, 0.1) is 29.9 Å². The Morgan fingerprint density at radius 1 is 1.03 bits per heavy atom. The van der Waals surface area contributed by atoms with Gasteiger partial charge in [0, 0.05) is 17.8 Å². The molecule has 0 saturated carbocycles. The minimum absolute atomic E-state index is 0.00120. The predicted octanol–water partition coefficient (Wildman–Crippen LogP) is 4.36. The number of fused-ring (bicyclic) bond motifs is 1. The van der Waals surface area contributed by atoms with Crippen LogP contribution in [-0.2, 0) is 19.3 Å². The van der Waals surface area contributed by atoms with Gasteiger partial charge in [-0.2, -0.15) is 18.3 Å². The van der Waals surface area contributed by atoms with Crippen LogP contribution in [0.3, 0.4) is 0 Å². The maximum atomic E-state index is 13.8. The van der Waals surface area contributed by atoms with Crippen molar-refractivity contribution in [1.82, 2.24) is 14.7 Å². The smallest absolute Gasteiger partial charge is 0.317 e. The average molecular weight is 493 g/mol. The highest BCUT2D eigenvalue weighted by Crippen LogP contribution is 2.31. The van der Waals surface area contributed by atoms with Crippen molar-refractivity contribution < 1.29 is 31.5 Å². The third-order valence-corrected chi connectivity index (χ3v) is 5.29. The Labute approximate surface area is 194 Å². The van der Waals surface area contributed by atoms with Crippen molar-refractivity contribution in [3.63, 3.8) is 0 Å². The lowest BCUT2D eigenvalue weighted by atomic mass is 10.0. The second-order valence-corrected chi connectivity index (χ2v) is 7.47. The van der Waals surface area contributed by atoms with Crippen molar-refractivity contribution in [2.24, 2.45) is 16.2 Å².